The van der Waals surface area contributed by atoms with Crippen LogP contribution in [0.25, 0.3) is 0 Å². The molecule has 1 fully saturated rings. The van der Waals surface area contributed by atoms with Crippen LogP contribution in [0.15, 0.2) is 65.7 Å². The Bertz CT molecular complexity index is 1470. The SMILES string of the molecule is COc1cc(CCC(=O)CC(=O)CCCCCCC2CCCCC2)cc(C2C3=CCNC(N)=C3C=CC2(CO)Cc2ccc[nH]2)c1O. The van der Waals surface area contributed by atoms with Gasteiger partial charge < -0.3 is 31.0 Å². The van der Waals surface area contributed by atoms with Crippen LogP contribution in [0.1, 0.15) is 106 Å². The molecule has 5 rings (SSSR count). The topological polar surface area (TPSA) is 138 Å². The maximum Gasteiger partial charge on any atom is 0.161 e. The van der Waals surface area contributed by atoms with Gasteiger partial charge in [0.1, 0.15) is 17.4 Å². The number of dihydropyridines is 1. The van der Waals surface area contributed by atoms with E-state index in [4.69, 9.17) is 10.5 Å². The fraction of sp³-hybridized carbons (Fsp3) is 0.538. The van der Waals surface area contributed by atoms with Crippen molar-refractivity contribution in [2.75, 3.05) is 20.3 Å². The van der Waals surface area contributed by atoms with E-state index < -0.39 is 11.3 Å². The third-order valence-electron chi connectivity index (χ3n) is 10.5. The number of aromatic nitrogens is 1. The van der Waals surface area contributed by atoms with Crippen molar-refractivity contribution in [3.8, 4) is 11.5 Å². The number of H-pyrrole nitrogens is 1. The number of benzene rings is 1. The average Bonchev–Trinajstić information content (AvgIpc) is 3.59. The minimum absolute atomic E-state index is 0.00143. The molecule has 2 aliphatic carbocycles. The fourth-order valence-electron chi connectivity index (χ4n) is 7.89. The number of aryl methyl sites for hydroxylation is 1. The molecule has 1 aromatic heterocycles. The highest BCUT2D eigenvalue weighted by Crippen LogP contribution is 2.54. The van der Waals surface area contributed by atoms with Crippen LogP contribution in [0.5, 0.6) is 11.5 Å². The van der Waals surface area contributed by atoms with Gasteiger partial charge in [-0.2, -0.15) is 0 Å². The second-order valence-electron chi connectivity index (χ2n) is 13.8. The van der Waals surface area contributed by atoms with Crippen LogP contribution in [0, 0.1) is 11.3 Å². The van der Waals surface area contributed by atoms with Crippen LogP contribution in [0.3, 0.4) is 0 Å². The summed E-state index contributed by atoms with van der Waals surface area (Å²) in [7, 11) is 1.51. The van der Waals surface area contributed by atoms with Crippen LogP contribution >= 0.6 is 0 Å². The predicted octanol–water partition coefficient (Wildman–Crippen LogP) is 6.69. The number of rotatable bonds is 17. The highest BCUT2D eigenvalue weighted by atomic mass is 16.5. The van der Waals surface area contributed by atoms with E-state index in [-0.39, 0.29) is 36.8 Å². The van der Waals surface area contributed by atoms with Gasteiger partial charge in [0.15, 0.2) is 11.5 Å². The van der Waals surface area contributed by atoms with Crippen LogP contribution < -0.4 is 15.8 Å². The van der Waals surface area contributed by atoms with Crippen molar-refractivity contribution in [1.82, 2.24) is 10.3 Å². The number of ether oxygens (including phenoxy) is 1. The number of nitrogens with one attached hydrogen (secondary N) is 2. The summed E-state index contributed by atoms with van der Waals surface area (Å²) in [5, 5.41) is 25.7. The van der Waals surface area contributed by atoms with Crippen molar-refractivity contribution < 1.29 is 24.5 Å². The summed E-state index contributed by atoms with van der Waals surface area (Å²) in [6.45, 7) is 0.359. The van der Waals surface area contributed by atoms with Gasteiger partial charge in [0.2, 0.25) is 0 Å². The summed E-state index contributed by atoms with van der Waals surface area (Å²) in [6.07, 6.45) is 22.0. The molecule has 2 heterocycles. The van der Waals surface area contributed by atoms with Crippen LogP contribution in [0.4, 0.5) is 0 Å². The Morgan fingerprint density at radius 2 is 1.85 bits per heavy atom. The predicted molar refractivity (Wildman–Crippen MR) is 185 cm³/mol. The maximum atomic E-state index is 12.9. The van der Waals surface area contributed by atoms with Gasteiger partial charge in [-0.05, 0) is 54.5 Å². The molecular weight excluding hydrogens is 590 g/mol. The van der Waals surface area contributed by atoms with Gasteiger partial charge in [-0.25, -0.2) is 0 Å². The van der Waals surface area contributed by atoms with E-state index in [0.717, 1.165) is 41.2 Å². The zero-order valence-electron chi connectivity index (χ0n) is 28.0. The van der Waals surface area contributed by atoms with Crippen molar-refractivity contribution in [1.29, 1.82) is 0 Å². The molecule has 2 unspecified atom stereocenters. The number of aromatic amines is 1. The number of hydrogen-bond acceptors (Lipinski definition) is 7. The van der Waals surface area contributed by atoms with Gasteiger partial charge in [-0.3, -0.25) is 9.59 Å². The molecule has 0 radical (unpaired) electrons. The Hall–Kier alpha value is -3.78. The molecule has 1 aliphatic heterocycles. The van der Waals surface area contributed by atoms with Crippen LogP contribution in [0.2, 0.25) is 0 Å². The summed E-state index contributed by atoms with van der Waals surface area (Å²) < 4.78 is 5.62. The molecule has 0 bridgehead atoms. The van der Waals surface area contributed by atoms with E-state index in [0.29, 0.717) is 42.9 Å². The number of Topliss-reactive ketones (excluding diaryl/α,β-unsaturated/α-hetero) is 2. The Balaban J connectivity index is 1.24. The third-order valence-corrected chi connectivity index (χ3v) is 10.5. The molecule has 1 saturated carbocycles. The van der Waals surface area contributed by atoms with Crippen molar-refractivity contribution in [3.05, 3.63) is 82.5 Å². The number of aliphatic hydroxyl groups is 1. The Labute approximate surface area is 279 Å². The standard InChI is InChI=1S/C39H53N3O5/c1-47-35-23-28(15-16-31(45)24-30(44)14-8-3-2-5-10-27-11-6-4-7-12-27)22-34(37(35)46)36-32-18-21-42-38(40)33(32)17-19-39(36,26-43)25-29-13-9-20-41-29/h9,13,17-20,22-23,27,36,41-43,46H,2-8,10-12,14-16,21,24-26,40H2,1H3. The van der Waals surface area contributed by atoms with E-state index in [1.165, 1.54) is 58.5 Å². The molecule has 2 atom stereocenters. The minimum Gasteiger partial charge on any atom is -0.504 e. The number of carbonyl (C=O) groups is 2. The second kappa shape index (κ2) is 16.4. The van der Waals surface area contributed by atoms with E-state index in [1.807, 2.05) is 36.5 Å². The molecule has 3 aliphatic rings. The zero-order valence-corrected chi connectivity index (χ0v) is 28.0. The van der Waals surface area contributed by atoms with Gasteiger partial charge in [0.05, 0.1) is 20.1 Å². The lowest BCUT2D eigenvalue weighted by Gasteiger charge is -2.43. The Morgan fingerprint density at radius 3 is 2.60 bits per heavy atom. The summed E-state index contributed by atoms with van der Waals surface area (Å²) in [6, 6.07) is 7.59. The van der Waals surface area contributed by atoms with E-state index in [9.17, 15) is 19.8 Å². The first kappa shape index (κ1) is 34.6. The molecule has 8 nitrogen and oxygen atoms in total. The summed E-state index contributed by atoms with van der Waals surface area (Å²) in [5.74, 6) is 1.27. The highest BCUT2D eigenvalue weighted by molar-refractivity contribution is 5.99. The van der Waals surface area contributed by atoms with Crippen LogP contribution in [-0.2, 0) is 22.4 Å². The number of aromatic hydroxyl groups is 1. The molecule has 254 valence electrons. The third kappa shape index (κ3) is 8.58. The molecule has 0 amide bonds. The van der Waals surface area contributed by atoms with Gasteiger partial charge in [0.25, 0.3) is 0 Å². The molecule has 1 aromatic carbocycles. The number of phenols is 1. The number of allylic oxidation sites excluding steroid dienone is 3. The molecule has 2 aromatic rings. The summed E-state index contributed by atoms with van der Waals surface area (Å²) >= 11 is 0. The monoisotopic (exact) mass is 643 g/mol. The van der Waals surface area contributed by atoms with Gasteiger partial charge >= 0.3 is 0 Å². The fourth-order valence-corrected chi connectivity index (χ4v) is 7.89. The Morgan fingerprint density at radius 1 is 1.06 bits per heavy atom. The number of aliphatic hydroxyl groups excluding tert-OH is 1. The summed E-state index contributed by atoms with van der Waals surface area (Å²) in [5.41, 5.74) is 9.74. The largest absolute Gasteiger partial charge is 0.504 e. The number of ketones is 2. The summed E-state index contributed by atoms with van der Waals surface area (Å²) in [4.78, 5) is 28.8. The van der Waals surface area contributed by atoms with E-state index >= 15 is 0 Å². The highest BCUT2D eigenvalue weighted by Gasteiger charge is 2.45. The first-order valence-corrected chi connectivity index (χ1v) is 17.6. The maximum absolute atomic E-state index is 12.9. The van der Waals surface area contributed by atoms with Crippen molar-refractivity contribution >= 4 is 11.6 Å². The lowest BCUT2D eigenvalue weighted by Crippen LogP contribution is -2.40. The molecular formula is C39H53N3O5. The average molecular weight is 644 g/mol. The quantitative estimate of drug-likeness (QED) is 0.0957. The number of fused-ring (bicyclic) bond motifs is 1. The molecule has 8 heteroatoms. The van der Waals surface area contributed by atoms with Crippen molar-refractivity contribution in [2.24, 2.45) is 17.1 Å². The second-order valence-corrected chi connectivity index (χ2v) is 13.8. The van der Waals surface area contributed by atoms with Gasteiger partial charge in [0, 0.05) is 53.7 Å². The molecule has 0 saturated heterocycles. The van der Waals surface area contributed by atoms with Gasteiger partial charge in [-0.15, -0.1) is 0 Å². The number of methoxy groups -OCH3 is 1. The number of hydrogen-bond donors (Lipinski definition) is 5. The number of nitrogens with two attached hydrogens (primary N) is 1. The van der Waals surface area contributed by atoms with Crippen molar-refractivity contribution in [3.63, 3.8) is 0 Å². The molecule has 47 heavy (non-hydrogen) atoms. The number of carbonyl (C=O) groups excluding carboxylic acids is 2. The lowest BCUT2D eigenvalue weighted by molar-refractivity contribution is -0.127. The number of unbranched alkanes of at least 4 members (excludes halogenated alkanes) is 3. The lowest BCUT2D eigenvalue weighted by atomic mass is 9.61. The number of phenolic OH excluding ortho intramolecular Hbond substituents is 1. The zero-order chi connectivity index (χ0) is 33.2. The first-order valence-electron chi connectivity index (χ1n) is 17.6. The van der Waals surface area contributed by atoms with Gasteiger partial charge in [-0.1, -0.05) is 82.1 Å². The Kier molecular flexibility index (Phi) is 12.0. The van der Waals surface area contributed by atoms with Crippen LogP contribution in [-0.4, -0.2) is 47.0 Å². The smallest absolute Gasteiger partial charge is 0.161 e. The minimum atomic E-state index is -0.781. The van der Waals surface area contributed by atoms with Crippen molar-refractivity contribution in [2.45, 2.75) is 102 Å². The normalized spacial score (nSPS) is 21.2. The molecule has 6 N–H and O–H groups in total. The van der Waals surface area contributed by atoms with E-state index in [2.05, 4.69) is 16.4 Å². The first-order chi connectivity index (χ1) is 22.8. The molecule has 0 spiro atoms. The van der Waals surface area contributed by atoms with E-state index in [1.54, 1.807) is 6.07 Å².